The molecule has 17 heavy (non-hydrogen) atoms. The molecule has 2 N–H and O–H groups in total. The highest BCUT2D eigenvalue weighted by molar-refractivity contribution is 5.70. The normalized spacial score (nSPS) is 15.7. The largest absolute Gasteiger partial charge is 0.481 e. The van der Waals surface area contributed by atoms with E-state index in [2.05, 4.69) is 13.8 Å². The zero-order valence-electron chi connectivity index (χ0n) is 11.4. The fourth-order valence-corrected chi connectivity index (χ4v) is 1.73. The number of allylic oxidation sites excluding steroid dienone is 2. The monoisotopic (exact) mass is 242 g/mol. The van der Waals surface area contributed by atoms with Gasteiger partial charge in [0, 0.05) is 6.61 Å². The molecule has 3 heteroatoms. The van der Waals surface area contributed by atoms with Gasteiger partial charge in [-0.1, -0.05) is 39.8 Å². The van der Waals surface area contributed by atoms with Crippen LogP contribution in [0.15, 0.2) is 12.2 Å². The average molecular weight is 242 g/mol. The molecule has 0 radical (unpaired) electrons. The van der Waals surface area contributed by atoms with Crippen LogP contribution in [-0.4, -0.2) is 22.8 Å². The molecule has 0 fully saturated rings. The molecular formula is C14H26O3. The summed E-state index contributed by atoms with van der Waals surface area (Å²) >= 11 is 0. The summed E-state index contributed by atoms with van der Waals surface area (Å²) in [5, 5.41) is 18.2. The van der Waals surface area contributed by atoms with E-state index in [0.29, 0.717) is 12.3 Å². The molecule has 100 valence electrons. The average Bonchev–Trinajstić information content (AvgIpc) is 2.21. The third-order valence-electron chi connectivity index (χ3n) is 3.29. The van der Waals surface area contributed by atoms with Gasteiger partial charge in [-0.05, 0) is 30.6 Å². The minimum absolute atomic E-state index is 0.149. The second-order valence-electron chi connectivity index (χ2n) is 5.32. The summed E-state index contributed by atoms with van der Waals surface area (Å²) < 4.78 is 0. The Morgan fingerprint density at radius 3 is 1.94 bits per heavy atom. The van der Waals surface area contributed by atoms with Gasteiger partial charge < -0.3 is 10.2 Å². The molecule has 3 nitrogen and oxygen atoms in total. The van der Waals surface area contributed by atoms with Crippen molar-refractivity contribution in [2.24, 2.45) is 23.7 Å². The van der Waals surface area contributed by atoms with Gasteiger partial charge in [-0.15, -0.1) is 0 Å². The van der Waals surface area contributed by atoms with Crippen molar-refractivity contribution >= 4 is 5.97 Å². The molecule has 0 aromatic rings. The predicted molar refractivity (Wildman–Crippen MR) is 69.8 cm³/mol. The Labute approximate surface area is 105 Å². The van der Waals surface area contributed by atoms with Crippen LogP contribution >= 0.6 is 0 Å². The minimum Gasteiger partial charge on any atom is -0.481 e. The molecule has 0 aromatic heterocycles. The lowest BCUT2D eigenvalue weighted by Crippen LogP contribution is -2.18. The molecule has 0 saturated carbocycles. The highest BCUT2D eigenvalue weighted by Crippen LogP contribution is 2.18. The highest BCUT2D eigenvalue weighted by Gasteiger charge is 2.19. The Hall–Kier alpha value is -0.830. The van der Waals surface area contributed by atoms with Gasteiger partial charge in [0.15, 0.2) is 0 Å². The van der Waals surface area contributed by atoms with Crippen molar-refractivity contribution in [1.82, 2.24) is 0 Å². The van der Waals surface area contributed by atoms with Crippen molar-refractivity contribution in [3.63, 3.8) is 0 Å². The number of hydrogen-bond donors (Lipinski definition) is 2. The van der Waals surface area contributed by atoms with E-state index in [-0.39, 0.29) is 24.4 Å². The predicted octanol–water partition coefficient (Wildman–Crippen LogP) is 2.94. The topological polar surface area (TPSA) is 57.5 Å². The van der Waals surface area contributed by atoms with Crippen molar-refractivity contribution in [2.45, 2.75) is 40.5 Å². The lowest BCUT2D eigenvalue weighted by atomic mass is 9.90. The third kappa shape index (κ3) is 6.47. The summed E-state index contributed by atoms with van der Waals surface area (Å²) in [7, 11) is 0. The fraction of sp³-hybridized carbons (Fsp3) is 0.786. The van der Waals surface area contributed by atoms with E-state index in [0.717, 1.165) is 6.42 Å². The summed E-state index contributed by atoms with van der Waals surface area (Å²) in [5.41, 5.74) is 0. The Morgan fingerprint density at radius 2 is 1.59 bits per heavy atom. The van der Waals surface area contributed by atoms with E-state index < -0.39 is 5.97 Å². The van der Waals surface area contributed by atoms with Crippen molar-refractivity contribution in [3.05, 3.63) is 12.2 Å². The van der Waals surface area contributed by atoms with Gasteiger partial charge in [0.2, 0.25) is 0 Å². The van der Waals surface area contributed by atoms with Crippen molar-refractivity contribution < 1.29 is 15.0 Å². The number of rotatable bonds is 8. The number of carboxylic acid groups (broad SMARTS) is 1. The van der Waals surface area contributed by atoms with E-state index >= 15 is 0 Å². The summed E-state index contributed by atoms with van der Waals surface area (Å²) in [5.74, 6) is -0.167. The SMILES string of the molecule is CC(C)[C@@H](CO)C/C=C\C[C@H](C(=O)O)C(C)C. The summed E-state index contributed by atoms with van der Waals surface area (Å²) in [6.45, 7) is 8.22. The van der Waals surface area contributed by atoms with Crippen LogP contribution in [0.2, 0.25) is 0 Å². The molecule has 0 amide bonds. The third-order valence-corrected chi connectivity index (χ3v) is 3.29. The first kappa shape index (κ1) is 16.2. The van der Waals surface area contributed by atoms with Crippen LogP contribution in [0.4, 0.5) is 0 Å². The van der Waals surface area contributed by atoms with E-state index in [1.807, 2.05) is 26.0 Å². The molecule has 0 unspecified atom stereocenters. The quantitative estimate of drug-likeness (QED) is 0.643. The zero-order chi connectivity index (χ0) is 13.4. The van der Waals surface area contributed by atoms with Crippen molar-refractivity contribution in [3.8, 4) is 0 Å². The molecule has 0 bridgehead atoms. The molecule has 2 atom stereocenters. The maximum atomic E-state index is 11.0. The lowest BCUT2D eigenvalue weighted by Gasteiger charge is -2.16. The van der Waals surface area contributed by atoms with Gasteiger partial charge in [0.25, 0.3) is 0 Å². The molecule has 0 heterocycles. The first-order valence-corrected chi connectivity index (χ1v) is 6.38. The van der Waals surface area contributed by atoms with Crippen LogP contribution in [0, 0.1) is 23.7 Å². The Bertz CT molecular complexity index is 244. The molecule has 0 aliphatic rings. The number of aliphatic hydroxyl groups excluding tert-OH is 1. The lowest BCUT2D eigenvalue weighted by molar-refractivity contribution is -0.143. The molecular weight excluding hydrogens is 216 g/mol. The van der Waals surface area contributed by atoms with Crippen molar-refractivity contribution in [2.75, 3.05) is 6.61 Å². The van der Waals surface area contributed by atoms with Crippen LogP contribution in [0.3, 0.4) is 0 Å². The van der Waals surface area contributed by atoms with Gasteiger partial charge in [0.05, 0.1) is 5.92 Å². The van der Waals surface area contributed by atoms with Crippen molar-refractivity contribution in [1.29, 1.82) is 0 Å². The molecule has 0 rings (SSSR count). The maximum absolute atomic E-state index is 11.0. The number of hydrogen-bond acceptors (Lipinski definition) is 2. The second-order valence-corrected chi connectivity index (χ2v) is 5.32. The molecule has 0 aliphatic heterocycles. The first-order chi connectivity index (χ1) is 7.90. The second kappa shape index (κ2) is 8.29. The summed E-state index contributed by atoms with van der Waals surface area (Å²) in [6.07, 6.45) is 5.32. The van der Waals surface area contributed by atoms with Crippen LogP contribution in [0.1, 0.15) is 40.5 Å². The zero-order valence-corrected chi connectivity index (χ0v) is 11.4. The van der Waals surface area contributed by atoms with E-state index in [1.165, 1.54) is 0 Å². The van der Waals surface area contributed by atoms with Crippen LogP contribution < -0.4 is 0 Å². The molecule has 0 aliphatic carbocycles. The van der Waals surface area contributed by atoms with Gasteiger partial charge >= 0.3 is 5.97 Å². The first-order valence-electron chi connectivity index (χ1n) is 6.38. The number of aliphatic hydroxyl groups is 1. The summed E-state index contributed by atoms with van der Waals surface area (Å²) in [4.78, 5) is 11.0. The Morgan fingerprint density at radius 1 is 1.06 bits per heavy atom. The van der Waals surface area contributed by atoms with Crippen LogP contribution in [-0.2, 0) is 4.79 Å². The molecule has 0 saturated heterocycles. The minimum atomic E-state index is -0.729. The van der Waals surface area contributed by atoms with Gasteiger partial charge in [0.1, 0.15) is 0 Å². The van der Waals surface area contributed by atoms with Gasteiger partial charge in [-0.3, -0.25) is 4.79 Å². The Kier molecular flexibility index (Phi) is 7.88. The summed E-state index contributed by atoms with van der Waals surface area (Å²) in [6, 6.07) is 0. The number of carboxylic acids is 1. The fourth-order valence-electron chi connectivity index (χ4n) is 1.73. The van der Waals surface area contributed by atoms with E-state index in [1.54, 1.807) is 0 Å². The van der Waals surface area contributed by atoms with Crippen LogP contribution in [0.25, 0.3) is 0 Å². The Balaban J connectivity index is 4.13. The molecule has 0 aromatic carbocycles. The van der Waals surface area contributed by atoms with Gasteiger partial charge in [-0.2, -0.15) is 0 Å². The van der Waals surface area contributed by atoms with E-state index in [9.17, 15) is 4.79 Å². The van der Waals surface area contributed by atoms with E-state index in [4.69, 9.17) is 10.2 Å². The number of aliphatic carboxylic acids is 1. The molecule has 0 spiro atoms. The maximum Gasteiger partial charge on any atom is 0.307 e. The number of carbonyl (C=O) groups is 1. The van der Waals surface area contributed by atoms with Gasteiger partial charge in [-0.25, -0.2) is 0 Å². The highest BCUT2D eigenvalue weighted by atomic mass is 16.4. The standard InChI is InChI=1S/C14H26O3/c1-10(2)12(9-15)7-5-6-8-13(11(3)4)14(16)17/h5-6,10-13,15H,7-9H2,1-4H3,(H,16,17)/b6-5-/t12-,13+/m1/s1. The van der Waals surface area contributed by atoms with Crippen LogP contribution in [0.5, 0.6) is 0 Å². The smallest absolute Gasteiger partial charge is 0.307 e.